The van der Waals surface area contributed by atoms with Crippen molar-refractivity contribution in [3.63, 3.8) is 0 Å². The number of nitrogens with one attached hydrogen (secondary N) is 2. The molecule has 2 aliphatic rings. The second kappa shape index (κ2) is 10.6. The average Bonchev–Trinajstić information content (AvgIpc) is 3.42. The molecule has 0 radical (unpaired) electrons. The van der Waals surface area contributed by atoms with Crippen LogP contribution in [0.1, 0.15) is 45.1 Å². The van der Waals surface area contributed by atoms with Crippen LogP contribution in [0.4, 0.5) is 4.39 Å². The molecule has 28 heavy (non-hydrogen) atoms. The number of aliphatic imine (C=N–C) groups is 1. The Balaban J connectivity index is 0.00000280. The summed E-state index contributed by atoms with van der Waals surface area (Å²) < 4.78 is 13.6. The first-order chi connectivity index (χ1) is 13.0. The van der Waals surface area contributed by atoms with Crippen molar-refractivity contribution in [3.8, 4) is 0 Å². The highest BCUT2D eigenvalue weighted by Crippen LogP contribution is 2.48. The molecule has 1 heterocycles. The zero-order valence-corrected chi connectivity index (χ0v) is 19.5. The fraction of sp³-hybridized carbons (Fsp3) is 0.591. The summed E-state index contributed by atoms with van der Waals surface area (Å²) in [7, 11) is 0. The molecule has 1 saturated carbocycles. The van der Waals surface area contributed by atoms with E-state index < -0.39 is 0 Å². The molecule has 1 aromatic rings. The van der Waals surface area contributed by atoms with E-state index in [2.05, 4.69) is 36.0 Å². The van der Waals surface area contributed by atoms with E-state index >= 15 is 0 Å². The molecule has 2 N–H and O–H groups in total. The first kappa shape index (κ1) is 23.1. The Morgan fingerprint density at radius 2 is 2.04 bits per heavy atom. The van der Waals surface area contributed by atoms with E-state index in [9.17, 15) is 4.39 Å². The van der Waals surface area contributed by atoms with Gasteiger partial charge in [-0.05, 0) is 57.2 Å². The highest BCUT2D eigenvalue weighted by atomic mass is 127. The van der Waals surface area contributed by atoms with Crippen LogP contribution in [0.5, 0.6) is 0 Å². The van der Waals surface area contributed by atoms with Crippen molar-refractivity contribution in [3.05, 3.63) is 47.8 Å². The van der Waals surface area contributed by atoms with Crippen LogP contribution in [-0.2, 0) is 5.41 Å². The van der Waals surface area contributed by atoms with E-state index in [1.54, 1.807) is 12.1 Å². The van der Waals surface area contributed by atoms with Crippen molar-refractivity contribution in [2.45, 2.75) is 51.0 Å². The number of halogens is 2. The smallest absolute Gasteiger partial charge is 0.191 e. The summed E-state index contributed by atoms with van der Waals surface area (Å²) in [5.41, 5.74) is 2.33. The van der Waals surface area contributed by atoms with Gasteiger partial charge >= 0.3 is 0 Å². The lowest BCUT2D eigenvalue weighted by atomic mass is 9.96. The second-order valence-corrected chi connectivity index (χ2v) is 8.14. The van der Waals surface area contributed by atoms with Gasteiger partial charge in [-0.3, -0.25) is 9.89 Å². The molecule has 0 spiro atoms. The van der Waals surface area contributed by atoms with E-state index in [0.717, 1.165) is 63.4 Å². The fourth-order valence-electron chi connectivity index (χ4n) is 3.87. The maximum absolute atomic E-state index is 13.6. The molecule has 3 rings (SSSR count). The zero-order chi connectivity index (χ0) is 19.3. The molecule has 0 bridgehead atoms. The average molecular weight is 500 g/mol. The normalized spacial score (nSPS) is 19.6. The molecule has 0 unspecified atom stereocenters. The second-order valence-electron chi connectivity index (χ2n) is 8.14. The monoisotopic (exact) mass is 500 g/mol. The van der Waals surface area contributed by atoms with Crippen molar-refractivity contribution in [1.29, 1.82) is 0 Å². The van der Waals surface area contributed by atoms with Gasteiger partial charge in [0, 0.05) is 37.6 Å². The number of nitrogens with zero attached hydrogens (tertiary/aromatic N) is 2. The molecule has 0 aromatic heterocycles. The molecule has 156 valence electrons. The van der Waals surface area contributed by atoms with Crippen LogP contribution in [0.3, 0.4) is 0 Å². The predicted molar refractivity (Wildman–Crippen MR) is 126 cm³/mol. The van der Waals surface area contributed by atoms with E-state index in [0.29, 0.717) is 12.6 Å². The minimum Gasteiger partial charge on any atom is -0.357 e. The molecule has 0 amide bonds. The van der Waals surface area contributed by atoms with E-state index in [4.69, 9.17) is 4.99 Å². The number of likely N-dealkylation sites (tertiary alicyclic amines) is 1. The lowest BCUT2D eigenvalue weighted by molar-refractivity contribution is 0.221. The summed E-state index contributed by atoms with van der Waals surface area (Å²) in [4.78, 5) is 7.33. The van der Waals surface area contributed by atoms with Gasteiger partial charge in [0.1, 0.15) is 5.82 Å². The molecular formula is C22H34FIN4. The van der Waals surface area contributed by atoms with Gasteiger partial charge in [0.25, 0.3) is 0 Å². The summed E-state index contributed by atoms with van der Waals surface area (Å²) in [5.74, 6) is 0.729. The molecular weight excluding hydrogens is 466 g/mol. The summed E-state index contributed by atoms with van der Waals surface area (Å²) in [6.07, 6.45) is 4.40. The van der Waals surface area contributed by atoms with Gasteiger partial charge in [0.15, 0.2) is 5.96 Å². The summed E-state index contributed by atoms with van der Waals surface area (Å²) in [6.45, 7) is 12.9. The number of hydrogen-bond acceptors (Lipinski definition) is 2. The number of piperidine rings is 1. The maximum atomic E-state index is 13.6. The summed E-state index contributed by atoms with van der Waals surface area (Å²) in [5, 5.41) is 6.98. The zero-order valence-electron chi connectivity index (χ0n) is 17.1. The molecule has 4 nitrogen and oxygen atoms in total. The highest BCUT2D eigenvalue weighted by Gasteiger charge is 2.44. The Morgan fingerprint density at radius 3 is 2.61 bits per heavy atom. The van der Waals surface area contributed by atoms with Crippen LogP contribution in [0.2, 0.25) is 0 Å². The van der Waals surface area contributed by atoms with E-state index in [-0.39, 0.29) is 35.2 Å². The largest absolute Gasteiger partial charge is 0.357 e. The Morgan fingerprint density at radius 1 is 1.32 bits per heavy atom. The van der Waals surface area contributed by atoms with Crippen LogP contribution in [0.25, 0.3) is 0 Å². The number of benzene rings is 1. The number of hydrogen-bond donors (Lipinski definition) is 2. The SMILES string of the molecule is C=C(C)CN1CCC(NC(=NCC2(c3cccc(F)c3)CC2)NCC)CC1.I. The minimum atomic E-state index is -0.158. The molecule has 1 aromatic carbocycles. The molecule has 2 fully saturated rings. The van der Waals surface area contributed by atoms with Gasteiger partial charge in [-0.15, -0.1) is 24.0 Å². The fourth-order valence-corrected chi connectivity index (χ4v) is 3.87. The van der Waals surface area contributed by atoms with Crippen molar-refractivity contribution in [2.24, 2.45) is 4.99 Å². The molecule has 6 heteroatoms. The third kappa shape index (κ3) is 6.44. The third-order valence-corrected chi connectivity index (χ3v) is 5.60. The molecule has 1 aliphatic carbocycles. The summed E-state index contributed by atoms with van der Waals surface area (Å²) in [6, 6.07) is 7.46. The van der Waals surface area contributed by atoms with Crippen molar-refractivity contribution in [1.82, 2.24) is 15.5 Å². The van der Waals surface area contributed by atoms with Crippen LogP contribution in [0.15, 0.2) is 41.4 Å². The van der Waals surface area contributed by atoms with Crippen molar-refractivity contribution < 1.29 is 4.39 Å². The van der Waals surface area contributed by atoms with E-state index in [1.807, 2.05) is 6.07 Å². The maximum Gasteiger partial charge on any atom is 0.191 e. The lowest BCUT2D eigenvalue weighted by Crippen LogP contribution is -2.49. The van der Waals surface area contributed by atoms with E-state index in [1.165, 1.54) is 11.6 Å². The van der Waals surface area contributed by atoms with Gasteiger partial charge < -0.3 is 10.6 Å². The lowest BCUT2D eigenvalue weighted by Gasteiger charge is -2.33. The quantitative estimate of drug-likeness (QED) is 0.257. The van der Waals surface area contributed by atoms with Crippen molar-refractivity contribution in [2.75, 3.05) is 32.7 Å². The van der Waals surface area contributed by atoms with Gasteiger partial charge in [-0.1, -0.05) is 24.3 Å². The first-order valence-electron chi connectivity index (χ1n) is 10.2. The highest BCUT2D eigenvalue weighted by molar-refractivity contribution is 14.0. The van der Waals surface area contributed by atoms with Gasteiger partial charge in [0.05, 0.1) is 6.54 Å². The standard InChI is InChI=1S/C22H33FN4.HI/c1-4-24-21(26-20-8-12-27(13-9-20)15-17(2)3)25-16-22(10-11-22)18-6-5-7-19(23)14-18;/h5-7,14,20H,2,4,8-13,15-16H2,1,3H3,(H2,24,25,26);1H. The number of rotatable bonds is 7. The van der Waals surface area contributed by atoms with Crippen molar-refractivity contribution >= 4 is 29.9 Å². The van der Waals surface area contributed by atoms with Gasteiger partial charge in [0.2, 0.25) is 0 Å². The predicted octanol–water partition coefficient (Wildman–Crippen LogP) is 4.07. The van der Waals surface area contributed by atoms with Crippen LogP contribution >= 0.6 is 24.0 Å². The third-order valence-electron chi connectivity index (χ3n) is 5.60. The Labute approximate surface area is 186 Å². The summed E-state index contributed by atoms with van der Waals surface area (Å²) >= 11 is 0. The Kier molecular flexibility index (Phi) is 8.74. The Bertz CT molecular complexity index is 679. The molecule has 0 atom stereocenters. The van der Waals surface area contributed by atoms with Crippen LogP contribution in [-0.4, -0.2) is 49.6 Å². The van der Waals surface area contributed by atoms with Gasteiger partial charge in [-0.25, -0.2) is 4.39 Å². The van der Waals surface area contributed by atoms with Crippen LogP contribution < -0.4 is 10.6 Å². The minimum absolute atomic E-state index is 0. The van der Waals surface area contributed by atoms with Crippen LogP contribution in [0, 0.1) is 5.82 Å². The first-order valence-corrected chi connectivity index (χ1v) is 10.2. The number of guanidine groups is 1. The van der Waals surface area contributed by atoms with Gasteiger partial charge in [-0.2, -0.15) is 0 Å². The molecule has 1 saturated heterocycles. The Hall–Kier alpha value is -1.15. The topological polar surface area (TPSA) is 39.7 Å². The molecule has 1 aliphatic heterocycles.